The van der Waals surface area contributed by atoms with Crippen LogP contribution < -0.4 is 4.74 Å². The lowest BCUT2D eigenvalue weighted by atomic mass is 9.97. The molecule has 0 spiro atoms. The van der Waals surface area contributed by atoms with Crippen molar-refractivity contribution in [2.45, 2.75) is 25.9 Å². The summed E-state index contributed by atoms with van der Waals surface area (Å²) in [6.45, 7) is 1.93. The van der Waals surface area contributed by atoms with Crippen LogP contribution in [0.1, 0.15) is 24.5 Å². The molecule has 1 nitrogen and oxygen atoms in total. The molecule has 0 N–H and O–H groups in total. The van der Waals surface area contributed by atoms with Crippen molar-refractivity contribution in [2.24, 2.45) is 0 Å². The molecule has 0 aliphatic rings. The fraction of sp³-hybridized carbons (Fsp3) is 0.143. The van der Waals surface area contributed by atoms with Gasteiger partial charge in [-0.25, -0.2) is 22.0 Å². The number of ether oxygens (including phenoxy) is 1. The van der Waals surface area contributed by atoms with Crippen LogP contribution in [-0.2, 0) is 12.5 Å². The molecule has 0 amide bonds. The molecule has 9 heteroatoms. The van der Waals surface area contributed by atoms with Crippen molar-refractivity contribution in [3.63, 3.8) is 0 Å². The van der Waals surface area contributed by atoms with Gasteiger partial charge in [0, 0.05) is 17.7 Å². The topological polar surface area (TPSA) is 9.23 Å². The van der Waals surface area contributed by atoms with E-state index in [-0.39, 0.29) is 22.7 Å². The smallest absolute Gasteiger partial charge is 0.429 e. The monoisotopic (exact) mass is 538 g/mol. The molecule has 0 heterocycles. The Morgan fingerprint density at radius 1 is 0.703 bits per heavy atom. The minimum atomic E-state index is -4.31. The normalized spacial score (nSPS) is 11.6. The minimum Gasteiger partial charge on any atom is -0.429 e. The van der Waals surface area contributed by atoms with E-state index in [1.54, 1.807) is 36.4 Å². The van der Waals surface area contributed by atoms with Crippen LogP contribution in [0, 0.1) is 29.1 Å². The van der Waals surface area contributed by atoms with E-state index in [1.807, 2.05) is 6.92 Å². The van der Waals surface area contributed by atoms with Crippen molar-refractivity contribution in [1.82, 2.24) is 0 Å². The summed E-state index contributed by atoms with van der Waals surface area (Å²) in [5, 5.41) is -0.0164. The van der Waals surface area contributed by atoms with Crippen LogP contribution in [0.15, 0.2) is 66.7 Å². The molecule has 37 heavy (non-hydrogen) atoms. The molecule has 0 bridgehead atoms. The molecule has 0 radical (unpaired) electrons. The Morgan fingerprint density at radius 3 is 1.89 bits per heavy atom. The number of benzene rings is 4. The fourth-order valence-corrected chi connectivity index (χ4v) is 4.14. The zero-order valence-corrected chi connectivity index (χ0v) is 20.0. The molecule has 0 aliphatic carbocycles. The second kappa shape index (κ2) is 10.5. The van der Waals surface area contributed by atoms with Crippen LogP contribution in [0.2, 0.25) is 5.02 Å². The maximum Gasteiger partial charge on any atom is 0.429 e. The van der Waals surface area contributed by atoms with Gasteiger partial charge in [-0.3, -0.25) is 0 Å². The number of halogens is 8. The maximum atomic E-state index is 14.7. The molecular formula is C28H18ClF7O. The van der Waals surface area contributed by atoms with Gasteiger partial charge in [0.1, 0.15) is 17.4 Å². The highest BCUT2D eigenvalue weighted by molar-refractivity contribution is 6.33. The summed E-state index contributed by atoms with van der Waals surface area (Å²) >= 11 is 6.22. The summed E-state index contributed by atoms with van der Waals surface area (Å²) in [4.78, 5) is 0. The summed E-state index contributed by atoms with van der Waals surface area (Å²) in [5.74, 6) is -8.16. The number of rotatable bonds is 7. The molecule has 0 saturated carbocycles. The Bertz CT molecular complexity index is 1430. The highest BCUT2D eigenvalue weighted by Crippen LogP contribution is 2.37. The lowest BCUT2D eigenvalue weighted by molar-refractivity contribution is -0.187. The maximum absolute atomic E-state index is 14.7. The molecule has 4 rings (SSSR count). The lowest BCUT2D eigenvalue weighted by Crippen LogP contribution is -2.23. The van der Waals surface area contributed by atoms with E-state index in [1.165, 1.54) is 6.07 Å². The van der Waals surface area contributed by atoms with Gasteiger partial charge in [0.2, 0.25) is 0 Å². The van der Waals surface area contributed by atoms with Crippen molar-refractivity contribution in [2.75, 3.05) is 0 Å². The average molecular weight is 539 g/mol. The summed E-state index contributed by atoms with van der Waals surface area (Å²) in [5.41, 5.74) is 1.12. The van der Waals surface area contributed by atoms with Gasteiger partial charge < -0.3 is 4.74 Å². The van der Waals surface area contributed by atoms with E-state index >= 15 is 0 Å². The molecule has 0 saturated heterocycles. The van der Waals surface area contributed by atoms with Crippen LogP contribution in [0.25, 0.3) is 22.3 Å². The van der Waals surface area contributed by atoms with Crippen LogP contribution in [-0.4, -0.2) is 0 Å². The van der Waals surface area contributed by atoms with E-state index in [0.717, 1.165) is 18.6 Å². The molecule has 4 aromatic carbocycles. The number of hydrogen-bond acceptors (Lipinski definition) is 1. The Labute approximate surface area is 213 Å². The highest BCUT2D eigenvalue weighted by Gasteiger charge is 2.38. The quantitative estimate of drug-likeness (QED) is 0.168. The van der Waals surface area contributed by atoms with Crippen LogP contribution in [0.3, 0.4) is 0 Å². The molecule has 0 aromatic heterocycles. The fourth-order valence-electron chi connectivity index (χ4n) is 3.84. The third kappa shape index (κ3) is 5.44. The predicted octanol–water partition coefficient (Wildman–Crippen LogP) is 9.45. The number of hydrogen-bond donors (Lipinski definition) is 0. The van der Waals surface area contributed by atoms with Crippen molar-refractivity contribution >= 4 is 11.6 Å². The first kappa shape index (κ1) is 26.5. The zero-order valence-electron chi connectivity index (χ0n) is 19.2. The summed E-state index contributed by atoms with van der Waals surface area (Å²) in [7, 11) is 0. The van der Waals surface area contributed by atoms with Gasteiger partial charge in [0.15, 0.2) is 17.5 Å². The molecule has 0 fully saturated rings. The summed E-state index contributed by atoms with van der Waals surface area (Å²) < 4.78 is 102. The standard InChI is InChI=1S/C28H18ClF7O/c1-2-3-17-8-10-20(25(29)26(17)33)16-6-4-15(5-7-16)18-9-11-21(22(30)12-18)28(35,36)37-19-13-23(31)27(34)24(32)14-19/h4-14H,2-3H2,1H3. The second-order valence-electron chi connectivity index (χ2n) is 8.24. The first-order chi connectivity index (χ1) is 17.5. The Hall–Kier alpha value is -3.52. The number of alkyl halides is 2. The summed E-state index contributed by atoms with van der Waals surface area (Å²) in [6, 6.07) is 13.1. The largest absolute Gasteiger partial charge is 0.429 e. The second-order valence-corrected chi connectivity index (χ2v) is 8.62. The molecule has 4 aromatic rings. The summed E-state index contributed by atoms with van der Waals surface area (Å²) in [6.07, 6.45) is -3.00. The molecule has 0 unspecified atom stereocenters. The van der Waals surface area contributed by atoms with E-state index < -0.39 is 46.5 Å². The van der Waals surface area contributed by atoms with Gasteiger partial charge in [-0.1, -0.05) is 67.4 Å². The molecule has 192 valence electrons. The third-order valence-corrected chi connectivity index (χ3v) is 6.07. The number of aryl methyl sites for hydroxylation is 1. The van der Waals surface area contributed by atoms with E-state index in [9.17, 15) is 30.7 Å². The van der Waals surface area contributed by atoms with Gasteiger partial charge in [0.05, 0.1) is 10.6 Å². The minimum absolute atomic E-state index is 0.0164. The first-order valence-corrected chi connectivity index (χ1v) is 11.5. The Morgan fingerprint density at radius 2 is 1.30 bits per heavy atom. The van der Waals surface area contributed by atoms with Gasteiger partial charge >= 0.3 is 6.11 Å². The van der Waals surface area contributed by atoms with E-state index in [0.29, 0.717) is 28.7 Å². The van der Waals surface area contributed by atoms with E-state index in [4.69, 9.17) is 11.6 Å². The molecule has 0 atom stereocenters. The van der Waals surface area contributed by atoms with Crippen molar-refractivity contribution < 1.29 is 35.5 Å². The van der Waals surface area contributed by atoms with Crippen LogP contribution in [0.4, 0.5) is 30.7 Å². The third-order valence-electron chi connectivity index (χ3n) is 5.70. The lowest BCUT2D eigenvalue weighted by Gasteiger charge is -2.19. The SMILES string of the molecule is CCCc1ccc(-c2ccc(-c3ccc(C(F)(F)Oc4cc(F)c(F)c(F)c4)c(F)c3)cc2)c(Cl)c1F. The van der Waals surface area contributed by atoms with Crippen molar-refractivity contribution in [3.8, 4) is 28.0 Å². The van der Waals surface area contributed by atoms with Gasteiger partial charge in [0.25, 0.3) is 0 Å². The zero-order chi connectivity index (χ0) is 26.9. The van der Waals surface area contributed by atoms with Gasteiger partial charge in [-0.05, 0) is 40.8 Å². The molecule has 0 aliphatic heterocycles. The van der Waals surface area contributed by atoms with Gasteiger partial charge in [-0.2, -0.15) is 8.78 Å². The van der Waals surface area contributed by atoms with Crippen molar-refractivity contribution in [1.29, 1.82) is 0 Å². The van der Waals surface area contributed by atoms with Crippen molar-refractivity contribution in [3.05, 3.63) is 112 Å². The van der Waals surface area contributed by atoms with Crippen LogP contribution in [0.5, 0.6) is 5.75 Å². The Balaban J connectivity index is 1.58. The average Bonchev–Trinajstić information content (AvgIpc) is 2.85. The Kier molecular flexibility index (Phi) is 7.50. The first-order valence-electron chi connectivity index (χ1n) is 11.1. The van der Waals surface area contributed by atoms with Crippen LogP contribution >= 0.6 is 11.6 Å². The van der Waals surface area contributed by atoms with E-state index in [2.05, 4.69) is 4.74 Å². The predicted molar refractivity (Wildman–Crippen MR) is 127 cm³/mol. The molecular weight excluding hydrogens is 521 g/mol. The highest BCUT2D eigenvalue weighted by atomic mass is 35.5. The van der Waals surface area contributed by atoms with Gasteiger partial charge in [-0.15, -0.1) is 0 Å².